The molecule has 4 aromatic rings. The molecule has 0 radical (unpaired) electrons. The number of benzene rings is 2. The average molecular weight is 466 g/mol. The summed E-state index contributed by atoms with van der Waals surface area (Å²) in [7, 11) is 0. The molecule has 1 fully saturated rings. The fourth-order valence-corrected chi connectivity index (χ4v) is 3.98. The molecule has 5 rings (SSSR count). The van der Waals surface area contributed by atoms with Gasteiger partial charge in [-0.1, -0.05) is 36.4 Å². The first-order valence-corrected chi connectivity index (χ1v) is 11.3. The molecule has 2 aromatic heterocycles. The van der Waals surface area contributed by atoms with Crippen molar-refractivity contribution >= 4 is 34.8 Å². The Labute approximate surface area is 201 Å². The summed E-state index contributed by atoms with van der Waals surface area (Å²) < 4.78 is 5.65. The predicted octanol–water partition coefficient (Wildman–Crippen LogP) is 4.38. The van der Waals surface area contributed by atoms with Gasteiger partial charge in [0.1, 0.15) is 12.0 Å². The Kier molecular flexibility index (Phi) is 6.17. The average Bonchev–Trinajstić information content (AvgIpc) is 3.24. The van der Waals surface area contributed by atoms with Crippen LogP contribution in [0.1, 0.15) is 12.8 Å². The molecule has 0 aliphatic carbocycles. The van der Waals surface area contributed by atoms with E-state index in [0.717, 1.165) is 33.6 Å². The van der Waals surface area contributed by atoms with Crippen LogP contribution >= 0.6 is 0 Å². The lowest BCUT2D eigenvalue weighted by molar-refractivity contribution is -0.115. The molecule has 8 heteroatoms. The number of amides is 3. The largest absolute Gasteiger partial charge is 0.494 e. The molecular formula is C27H22N4O4. The van der Waals surface area contributed by atoms with Gasteiger partial charge in [-0.05, 0) is 41.8 Å². The minimum Gasteiger partial charge on any atom is -0.494 e. The number of aromatic nitrogens is 2. The molecule has 8 nitrogen and oxygen atoms in total. The molecule has 35 heavy (non-hydrogen) atoms. The number of fused-ring (bicyclic) bond motifs is 1. The quantitative estimate of drug-likeness (QED) is 0.235. The van der Waals surface area contributed by atoms with Crippen molar-refractivity contribution in [2.75, 3.05) is 18.1 Å². The lowest BCUT2D eigenvalue weighted by Gasteiger charge is -2.16. The smallest absolute Gasteiger partial charge is 0.329 e. The van der Waals surface area contributed by atoms with Crippen molar-refractivity contribution in [1.29, 1.82) is 0 Å². The molecule has 1 aliphatic heterocycles. The molecule has 0 saturated carbocycles. The summed E-state index contributed by atoms with van der Waals surface area (Å²) in [6, 6.07) is 18.8. The van der Waals surface area contributed by atoms with Gasteiger partial charge in [0.25, 0.3) is 5.91 Å². The maximum absolute atomic E-state index is 12.4. The van der Waals surface area contributed by atoms with Crippen LogP contribution < -0.4 is 15.0 Å². The number of aldehydes is 1. The SMILES string of the molecule is O=CCCCOc1ccc(-c2ccc(-c3cc(N4C(=O)CNC4=O)c4cnccc4n3)cc2)cc1. The van der Waals surface area contributed by atoms with Crippen LogP contribution in [0.25, 0.3) is 33.3 Å². The van der Waals surface area contributed by atoms with Crippen LogP contribution in [-0.2, 0) is 9.59 Å². The van der Waals surface area contributed by atoms with E-state index in [1.54, 1.807) is 24.5 Å². The van der Waals surface area contributed by atoms with E-state index in [1.807, 2.05) is 48.5 Å². The molecule has 1 saturated heterocycles. The Bertz CT molecular complexity index is 1390. The van der Waals surface area contributed by atoms with Crippen LogP contribution in [0, 0.1) is 0 Å². The van der Waals surface area contributed by atoms with E-state index in [-0.39, 0.29) is 12.5 Å². The van der Waals surface area contributed by atoms with Gasteiger partial charge in [-0.25, -0.2) is 14.7 Å². The number of imide groups is 1. The zero-order valence-corrected chi connectivity index (χ0v) is 18.8. The molecular weight excluding hydrogens is 444 g/mol. The van der Waals surface area contributed by atoms with Crippen molar-refractivity contribution < 1.29 is 19.1 Å². The third kappa shape index (κ3) is 4.59. The van der Waals surface area contributed by atoms with Gasteiger partial charge in [-0.2, -0.15) is 0 Å². The van der Waals surface area contributed by atoms with E-state index in [9.17, 15) is 14.4 Å². The first-order chi connectivity index (χ1) is 17.1. The van der Waals surface area contributed by atoms with Gasteiger partial charge in [-0.3, -0.25) is 9.78 Å². The van der Waals surface area contributed by atoms with Crippen LogP contribution in [0.4, 0.5) is 10.5 Å². The second kappa shape index (κ2) is 9.72. The second-order valence-corrected chi connectivity index (χ2v) is 8.07. The predicted molar refractivity (Wildman–Crippen MR) is 132 cm³/mol. The summed E-state index contributed by atoms with van der Waals surface area (Å²) in [5.41, 5.74) is 4.68. The third-order valence-corrected chi connectivity index (χ3v) is 5.78. The van der Waals surface area contributed by atoms with Gasteiger partial charge >= 0.3 is 6.03 Å². The van der Waals surface area contributed by atoms with E-state index in [0.29, 0.717) is 41.7 Å². The van der Waals surface area contributed by atoms with Crippen molar-refractivity contribution in [1.82, 2.24) is 15.3 Å². The minimum atomic E-state index is -0.455. The number of hydrogen-bond donors (Lipinski definition) is 1. The number of ether oxygens (including phenoxy) is 1. The van der Waals surface area contributed by atoms with E-state index >= 15 is 0 Å². The number of carbonyl (C=O) groups is 3. The second-order valence-electron chi connectivity index (χ2n) is 8.07. The summed E-state index contributed by atoms with van der Waals surface area (Å²) in [4.78, 5) is 45.1. The van der Waals surface area contributed by atoms with Crippen LogP contribution in [0.5, 0.6) is 5.75 Å². The fourth-order valence-electron chi connectivity index (χ4n) is 3.98. The van der Waals surface area contributed by atoms with Crippen molar-refractivity contribution in [2.24, 2.45) is 0 Å². The first kappa shape index (κ1) is 22.2. The number of hydrogen-bond acceptors (Lipinski definition) is 6. The van der Waals surface area contributed by atoms with Crippen molar-refractivity contribution in [3.05, 3.63) is 73.1 Å². The normalized spacial score (nSPS) is 13.2. The van der Waals surface area contributed by atoms with Gasteiger partial charge in [0.05, 0.1) is 30.0 Å². The minimum absolute atomic E-state index is 0.0322. The number of pyridine rings is 2. The molecule has 0 bridgehead atoms. The van der Waals surface area contributed by atoms with Gasteiger partial charge < -0.3 is 14.8 Å². The molecule has 3 amide bonds. The fraction of sp³-hybridized carbons (Fsp3) is 0.148. The van der Waals surface area contributed by atoms with Gasteiger partial charge in [0, 0.05) is 29.8 Å². The highest BCUT2D eigenvalue weighted by atomic mass is 16.5. The van der Waals surface area contributed by atoms with E-state index < -0.39 is 6.03 Å². The highest BCUT2D eigenvalue weighted by Gasteiger charge is 2.31. The lowest BCUT2D eigenvalue weighted by Crippen LogP contribution is -2.31. The molecule has 2 aromatic carbocycles. The highest BCUT2D eigenvalue weighted by Crippen LogP contribution is 2.32. The highest BCUT2D eigenvalue weighted by molar-refractivity contribution is 6.23. The number of nitrogens with zero attached hydrogens (tertiary/aromatic N) is 3. The molecule has 174 valence electrons. The lowest BCUT2D eigenvalue weighted by atomic mass is 10.0. The van der Waals surface area contributed by atoms with Crippen LogP contribution in [-0.4, -0.2) is 41.3 Å². The van der Waals surface area contributed by atoms with Gasteiger partial charge in [0.15, 0.2) is 0 Å². The molecule has 0 unspecified atom stereocenters. The summed E-state index contributed by atoms with van der Waals surface area (Å²) in [5, 5.41) is 3.19. The number of rotatable bonds is 8. The zero-order valence-electron chi connectivity index (χ0n) is 18.8. The summed E-state index contributed by atoms with van der Waals surface area (Å²) >= 11 is 0. The Morgan fingerprint density at radius 2 is 1.69 bits per heavy atom. The number of urea groups is 1. The summed E-state index contributed by atoms with van der Waals surface area (Å²) in [6.07, 6.45) is 5.33. The Morgan fingerprint density at radius 1 is 0.971 bits per heavy atom. The monoisotopic (exact) mass is 466 g/mol. The Hall–Kier alpha value is -4.59. The topological polar surface area (TPSA) is 101 Å². The van der Waals surface area contributed by atoms with E-state index in [2.05, 4.69) is 10.3 Å². The van der Waals surface area contributed by atoms with Crippen molar-refractivity contribution in [2.45, 2.75) is 12.8 Å². The molecule has 3 heterocycles. The number of unbranched alkanes of at least 4 members (excludes halogenated alkanes) is 1. The first-order valence-electron chi connectivity index (χ1n) is 11.3. The van der Waals surface area contributed by atoms with E-state index in [1.165, 1.54) is 0 Å². The molecule has 1 aliphatic rings. The van der Waals surface area contributed by atoms with E-state index in [4.69, 9.17) is 9.72 Å². The summed E-state index contributed by atoms with van der Waals surface area (Å²) in [5.74, 6) is 0.447. The number of anilines is 1. The molecule has 1 N–H and O–H groups in total. The van der Waals surface area contributed by atoms with Crippen molar-refractivity contribution in [3.8, 4) is 28.1 Å². The molecule has 0 spiro atoms. The standard InChI is InChI=1S/C27H22N4O4/c32-13-1-2-14-35-21-9-7-19(8-10-21)18-3-5-20(6-4-18)24-15-25(31-26(33)17-29-27(31)34)22-16-28-12-11-23(22)30-24/h3-13,15-16H,1-2,14,17H2,(H,29,34). The maximum Gasteiger partial charge on any atom is 0.329 e. The van der Waals surface area contributed by atoms with Crippen LogP contribution in [0.15, 0.2) is 73.1 Å². The van der Waals surface area contributed by atoms with Crippen LogP contribution in [0.3, 0.4) is 0 Å². The third-order valence-electron chi connectivity index (χ3n) is 5.78. The van der Waals surface area contributed by atoms with Crippen molar-refractivity contribution in [3.63, 3.8) is 0 Å². The Balaban J connectivity index is 1.42. The summed E-state index contributed by atoms with van der Waals surface area (Å²) in [6.45, 7) is 0.476. The van der Waals surface area contributed by atoms with Gasteiger partial charge in [0.2, 0.25) is 0 Å². The Morgan fingerprint density at radius 3 is 2.37 bits per heavy atom. The zero-order chi connectivity index (χ0) is 24.2. The van der Waals surface area contributed by atoms with Gasteiger partial charge in [-0.15, -0.1) is 0 Å². The van der Waals surface area contributed by atoms with Crippen LogP contribution in [0.2, 0.25) is 0 Å². The molecule has 0 atom stereocenters. The maximum atomic E-state index is 12.4. The number of carbonyl (C=O) groups excluding carboxylic acids is 3. The number of nitrogens with one attached hydrogen (secondary N) is 1.